The number of carbonyl (C=O) groups is 1. The molecule has 2 N–H and O–H groups in total. The van der Waals surface area contributed by atoms with E-state index >= 15 is 0 Å². The Kier molecular flexibility index (Phi) is 5.63. The molecule has 0 saturated carbocycles. The van der Waals surface area contributed by atoms with E-state index in [1.807, 2.05) is 41.8 Å². The summed E-state index contributed by atoms with van der Waals surface area (Å²) in [5, 5.41) is 8.07. The Morgan fingerprint density at radius 2 is 1.77 bits per heavy atom. The van der Waals surface area contributed by atoms with Crippen LogP contribution in [0.4, 0.5) is 0 Å². The number of thiophene rings is 1. The Morgan fingerprint density at radius 1 is 1.03 bits per heavy atom. The number of hydrogen-bond donors (Lipinski definition) is 2. The first-order valence-corrected chi connectivity index (χ1v) is 10.6. The minimum atomic E-state index is -0.402. The highest BCUT2D eigenvalue weighted by Gasteiger charge is 2.19. The van der Waals surface area contributed by atoms with Gasteiger partial charge in [0.2, 0.25) is 5.91 Å². The third-order valence-corrected chi connectivity index (χ3v) is 5.98. The van der Waals surface area contributed by atoms with Gasteiger partial charge in [0, 0.05) is 4.88 Å². The number of rotatable bonds is 6. The molecule has 0 saturated heterocycles. The van der Waals surface area contributed by atoms with E-state index in [2.05, 4.69) is 17.3 Å². The number of H-pyrrole nitrogens is 1. The summed E-state index contributed by atoms with van der Waals surface area (Å²) in [5.41, 5.74) is 1.38. The van der Waals surface area contributed by atoms with Crippen LogP contribution in [-0.4, -0.2) is 15.7 Å². The average molecular weight is 420 g/mol. The van der Waals surface area contributed by atoms with Crippen molar-refractivity contribution in [3.05, 3.63) is 103 Å². The molecule has 4 aromatic rings. The third-order valence-electron chi connectivity index (χ3n) is 5.04. The molecule has 7 heteroatoms. The molecule has 152 valence electrons. The lowest BCUT2D eigenvalue weighted by Gasteiger charge is -2.19. The summed E-state index contributed by atoms with van der Waals surface area (Å²) in [4.78, 5) is 38.8. The SMILES string of the molecule is CCc1ccc(C(NC(=O)Cn2[nH]c(=O)c3ccccc3c2=O)c2cccs2)cc1. The van der Waals surface area contributed by atoms with Crippen molar-refractivity contribution in [3.63, 3.8) is 0 Å². The van der Waals surface area contributed by atoms with Crippen molar-refractivity contribution >= 4 is 28.0 Å². The smallest absolute Gasteiger partial charge is 0.273 e. The molecule has 0 fully saturated rings. The maximum Gasteiger partial charge on any atom is 0.273 e. The van der Waals surface area contributed by atoms with Gasteiger partial charge in [-0.1, -0.05) is 49.4 Å². The van der Waals surface area contributed by atoms with Crippen molar-refractivity contribution in [2.75, 3.05) is 0 Å². The predicted octanol–water partition coefficient (Wildman–Crippen LogP) is 3.22. The molecule has 0 bridgehead atoms. The summed E-state index contributed by atoms with van der Waals surface area (Å²) >= 11 is 1.55. The summed E-state index contributed by atoms with van der Waals surface area (Å²) in [6.45, 7) is 1.82. The zero-order valence-electron chi connectivity index (χ0n) is 16.4. The molecular weight excluding hydrogens is 398 g/mol. The predicted molar refractivity (Wildman–Crippen MR) is 119 cm³/mol. The molecule has 1 amide bonds. The van der Waals surface area contributed by atoms with E-state index in [4.69, 9.17) is 0 Å². The van der Waals surface area contributed by atoms with Gasteiger partial charge >= 0.3 is 0 Å². The molecule has 1 atom stereocenters. The molecule has 6 nitrogen and oxygen atoms in total. The summed E-state index contributed by atoms with van der Waals surface area (Å²) in [6, 6.07) is 18.3. The van der Waals surface area contributed by atoms with Crippen LogP contribution < -0.4 is 16.4 Å². The Hall–Kier alpha value is -3.45. The standard InChI is InChI=1S/C23H21N3O3S/c1-2-15-9-11-16(12-10-15)21(19-8-5-13-30-19)24-20(27)14-26-23(29)18-7-4-3-6-17(18)22(28)25-26/h3-13,21H,2,14H2,1H3,(H,24,27)(H,25,28). The topological polar surface area (TPSA) is 84.0 Å². The van der Waals surface area contributed by atoms with Crippen LogP contribution in [-0.2, 0) is 17.8 Å². The fourth-order valence-electron chi connectivity index (χ4n) is 3.43. The second-order valence-electron chi connectivity index (χ2n) is 6.99. The lowest BCUT2D eigenvalue weighted by molar-refractivity contribution is -0.122. The van der Waals surface area contributed by atoms with Crippen LogP contribution in [0.3, 0.4) is 0 Å². The van der Waals surface area contributed by atoms with E-state index < -0.39 is 11.1 Å². The summed E-state index contributed by atoms with van der Waals surface area (Å²) in [6.07, 6.45) is 0.939. The van der Waals surface area contributed by atoms with Gasteiger partial charge in [0.25, 0.3) is 11.1 Å². The van der Waals surface area contributed by atoms with Crippen molar-refractivity contribution in [2.45, 2.75) is 25.9 Å². The Labute approximate surface area is 176 Å². The molecule has 0 aliphatic rings. The minimum Gasteiger partial charge on any atom is -0.343 e. The number of hydrogen-bond acceptors (Lipinski definition) is 4. The Bertz CT molecular complexity index is 1290. The molecule has 4 rings (SSSR count). The molecule has 2 heterocycles. The van der Waals surface area contributed by atoms with Crippen LogP contribution in [0.15, 0.2) is 75.6 Å². The maximum absolute atomic E-state index is 12.8. The van der Waals surface area contributed by atoms with Crippen LogP contribution in [0, 0.1) is 0 Å². The number of carbonyl (C=O) groups excluding carboxylic acids is 1. The summed E-state index contributed by atoms with van der Waals surface area (Å²) in [5.74, 6) is -0.360. The second-order valence-corrected chi connectivity index (χ2v) is 7.97. The maximum atomic E-state index is 12.8. The van der Waals surface area contributed by atoms with Crippen molar-refractivity contribution in [2.24, 2.45) is 0 Å². The van der Waals surface area contributed by atoms with Crippen molar-refractivity contribution in [1.29, 1.82) is 0 Å². The zero-order valence-corrected chi connectivity index (χ0v) is 17.2. The van der Waals surface area contributed by atoms with Gasteiger partial charge in [-0.15, -0.1) is 11.3 Å². The lowest BCUT2D eigenvalue weighted by atomic mass is 10.0. The highest BCUT2D eigenvalue weighted by Crippen LogP contribution is 2.26. The van der Waals surface area contributed by atoms with Gasteiger partial charge in [0.05, 0.1) is 16.8 Å². The molecule has 0 aliphatic carbocycles. The quantitative estimate of drug-likeness (QED) is 0.503. The van der Waals surface area contributed by atoms with Gasteiger partial charge in [-0.25, -0.2) is 4.68 Å². The van der Waals surface area contributed by atoms with Gasteiger partial charge in [-0.3, -0.25) is 19.5 Å². The van der Waals surface area contributed by atoms with Crippen LogP contribution in [0.1, 0.15) is 29.0 Å². The van der Waals surface area contributed by atoms with Crippen LogP contribution in [0.5, 0.6) is 0 Å². The zero-order chi connectivity index (χ0) is 21.1. The molecule has 0 radical (unpaired) electrons. The largest absolute Gasteiger partial charge is 0.343 e. The van der Waals surface area contributed by atoms with Crippen LogP contribution >= 0.6 is 11.3 Å². The fraction of sp³-hybridized carbons (Fsp3) is 0.174. The molecular formula is C23H21N3O3S. The van der Waals surface area contributed by atoms with Gasteiger partial charge in [0.1, 0.15) is 6.54 Å². The Morgan fingerprint density at radius 3 is 2.43 bits per heavy atom. The minimum absolute atomic E-state index is 0.270. The molecule has 2 aromatic heterocycles. The van der Waals surface area contributed by atoms with Gasteiger partial charge < -0.3 is 5.32 Å². The number of fused-ring (bicyclic) bond motifs is 1. The first kappa shape index (κ1) is 19.8. The summed E-state index contributed by atoms with van der Waals surface area (Å²) < 4.78 is 1.06. The van der Waals surface area contributed by atoms with Crippen molar-refractivity contribution < 1.29 is 4.79 Å². The number of nitrogens with one attached hydrogen (secondary N) is 2. The fourth-order valence-corrected chi connectivity index (χ4v) is 4.23. The molecule has 0 aliphatic heterocycles. The van der Waals surface area contributed by atoms with Gasteiger partial charge in [0.15, 0.2) is 0 Å². The normalized spacial score (nSPS) is 12.0. The van der Waals surface area contributed by atoms with Crippen molar-refractivity contribution in [3.8, 4) is 0 Å². The molecule has 0 spiro atoms. The van der Waals surface area contributed by atoms with E-state index in [0.717, 1.165) is 21.5 Å². The monoisotopic (exact) mass is 419 g/mol. The van der Waals surface area contributed by atoms with E-state index in [0.29, 0.717) is 10.8 Å². The highest BCUT2D eigenvalue weighted by molar-refractivity contribution is 7.10. The highest BCUT2D eigenvalue weighted by atomic mass is 32.1. The third kappa shape index (κ3) is 3.97. The van der Waals surface area contributed by atoms with E-state index in [-0.39, 0.29) is 18.5 Å². The number of aromatic nitrogens is 2. The van der Waals surface area contributed by atoms with Crippen LogP contribution in [0.25, 0.3) is 10.8 Å². The number of aromatic amines is 1. The number of amides is 1. The average Bonchev–Trinajstić information content (AvgIpc) is 3.30. The number of nitrogens with zero attached hydrogens (tertiary/aromatic N) is 1. The van der Waals surface area contributed by atoms with E-state index in [1.165, 1.54) is 5.56 Å². The molecule has 1 unspecified atom stereocenters. The van der Waals surface area contributed by atoms with Gasteiger partial charge in [-0.05, 0) is 41.1 Å². The number of aryl methyl sites for hydroxylation is 1. The Balaban J connectivity index is 1.62. The van der Waals surface area contributed by atoms with Crippen molar-refractivity contribution in [1.82, 2.24) is 15.1 Å². The first-order chi connectivity index (χ1) is 14.6. The summed E-state index contributed by atoms with van der Waals surface area (Å²) in [7, 11) is 0. The number of benzene rings is 2. The van der Waals surface area contributed by atoms with Crippen LogP contribution in [0.2, 0.25) is 0 Å². The van der Waals surface area contributed by atoms with Gasteiger partial charge in [-0.2, -0.15) is 0 Å². The first-order valence-electron chi connectivity index (χ1n) is 9.70. The second kappa shape index (κ2) is 8.51. The molecule has 2 aromatic carbocycles. The molecule has 30 heavy (non-hydrogen) atoms. The van der Waals surface area contributed by atoms with E-state index in [9.17, 15) is 14.4 Å². The lowest BCUT2D eigenvalue weighted by Crippen LogP contribution is -2.38. The van der Waals surface area contributed by atoms with E-state index in [1.54, 1.807) is 35.6 Å².